The molecule has 0 bridgehead atoms. The molecule has 0 amide bonds. The summed E-state index contributed by atoms with van der Waals surface area (Å²) in [6, 6.07) is 3.95. The summed E-state index contributed by atoms with van der Waals surface area (Å²) >= 11 is 0. The molecule has 2 aromatic heterocycles. The van der Waals surface area contributed by atoms with E-state index in [0.29, 0.717) is 24.4 Å². The zero-order valence-corrected chi connectivity index (χ0v) is 12.6. The minimum absolute atomic E-state index is 0.0837. The molecule has 0 radical (unpaired) electrons. The zero-order valence-electron chi connectivity index (χ0n) is 12.6. The second-order valence-electron chi connectivity index (χ2n) is 5.74. The maximum atomic E-state index is 12.5. The fraction of sp³-hybridized carbons (Fsp3) is 0.467. The number of hydrogen-bond acceptors (Lipinski definition) is 4. The summed E-state index contributed by atoms with van der Waals surface area (Å²) in [6.07, 6.45) is 3.22. The van der Waals surface area contributed by atoms with E-state index >= 15 is 0 Å². The molecule has 0 aromatic carbocycles. The van der Waals surface area contributed by atoms with Crippen molar-refractivity contribution in [1.29, 1.82) is 5.26 Å². The smallest absolute Gasteiger partial charge is 0.296 e. The average Bonchev–Trinajstić information content (AvgIpc) is 3.13. The number of rotatable bonds is 3. The summed E-state index contributed by atoms with van der Waals surface area (Å²) in [5, 5.41) is 13.6. The van der Waals surface area contributed by atoms with Crippen LogP contribution in [-0.4, -0.2) is 18.9 Å². The van der Waals surface area contributed by atoms with Crippen LogP contribution >= 0.6 is 0 Å². The summed E-state index contributed by atoms with van der Waals surface area (Å²) in [7, 11) is 0. The predicted molar refractivity (Wildman–Crippen MR) is 79.7 cm³/mol. The molecule has 0 unspecified atom stereocenters. The van der Waals surface area contributed by atoms with E-state index in [4.69, 9.17) is 0 Å². The third-order valence-electron chi connectivity index (χ3n) is 3.96. The van der Waals surface area contributed by atoms with Gasteiger partial charge in [0.1, 0.15) is 11.6 Å². The molecule has 0 saturated heterocycles. The minimum atomic E-state index is -0.514. The SMILES string of the molecule is CC(C)n1ccc(Cn2c(=O)c(C#N)c3n(c2=O)CCC3)n1. The Labute approximate surface area is 127 Å². The highest BCUT2D eigenvalue weighted by atomic mass is 16.2. The third kappa shape index (κ3) is 2.17. The van der Waals surface area contributed by atoms with Crippen LogP contribution in [0.3, 0.4) is 0 Å². The van der Waals surface area contributed by atoms with Gasteiger partial charge in [0.15, 0.2) is 0 Å². The van der Waals surface area contributed by atoms with Gasteiger partial charge < -0.3 is 0 Å². The van der Waals surface area contributed by atoms with Crippen molar-refractivity contribution in [2.45, 2.75) is 45.8 Å². The van der Waals surface area contributed by atoms with E-state index < -0.39 is 5.56 Å². The normalized spacial score (nSPS) is 13.4. The Morgan fingerprint density at radius 2 is 2.18 bits per heavy atom. The molecule has 114 valence electrons. The summed E-state index contributed by atoms with van der Waals surface area (Å²) in [6.45, 7) is 4.65. The maximum absolute atomic E-state index is 12.5. The molecule has 1 aliphatic heterocycles. The fourth-order valence-corrected chi connectivity index (χ4v) is 2.80. The van der Waals surface area contributed by atoms with Crippen LogP contribution in [-0.2, 0) is 19.5 Å². The van der Waals surface area contributed by atoms with Crippen molar-refractivity contribution < 1.29 is 0 Å². The van der Waals surface area contributed by atoms with Crippen molar-refractivity contribution in [3.05, 3.63) is 50.1 Å². The van der Waals surface area contributed by atoms with Crippen LogP contribution in [0, 0.1) is 11.3 Å². The lowest BCUT2D eigenvalue weighted by atomic mass is 10.2. The number of aromatic nitrogens is 4. The Morgan fingerprint density at radius 1 is 1.41 bits per heavy atom. The van der Waals surface area contributed by atoms with Crippen molar-refractivity contribution in [3.63, 3.8) is 0 Å². The molecule has 0 spiro atoms. The third-order valence-corrected chi connectivity index (χ3v) is 3.96. The van der Waals surface area contributed by atoms with Crippen LogP contribution < -0.4 is 11.2 Å². The van der Waals surface area contributed by atoms with Gasteiger partial charge >= 0.3 is 5.69 Å². The molecule has 0 atom stereocenters. The number of nitrogens with zero attached hydrogens (tertiary/aromatic N) is 5. The number of hydrogen-bond donors (Lipinski definition) is 0. The van der Waals surface area contributed by atoms with Crippen molar-refractivity contribution in [3.8, 4) is 6.07 Å². The molecule has 22 heavy (non-hydrogen) atoms. The van der Waals surface area contributed by atoms with Gasteiger partial charge in [0.05, 0.1) is 12.2 Å². The molecule has 7 heteroatoms. The van der Waals surface area contributed by atoms with Crippen molar-refractivity contribution in [2.24, 2.45) is 0 Å². The van der Waals surface area contributed by atoms with E-state index in [9.17, 15) is 14.9 Å². The van der Waals surface area contributed by atoms with Gasteiger partial charge in [-0.05, 0) is 32.8 Å². The second-order valence-corrected chi connectivity index (χ2v) is 5.74. The highest BCUT2D eigenvalue weighted by molar-refractivity contribution is 5.33. The van der Waals surface area contributed by atoms with Gasteiger partial charge in [-0.15, -0.1) is 0 Å². The summed E-state index contributed by atoms with van der Waals surface area (Å²) in [5.74, 6) is 0. The first-order valence-electron chi connectivity index (χ1n) is 7.33. The van der Waals surface area contributed by atoms with Crippen LogP contribution in [0.25, 0.3) is 0 Å². The lowest BCUT2D eigenvalue weighted by molar-refractivity contribution is 0.518. The molecule has 2 aromatic rings. The van der Waals surface area contributed by atoms with E-state index in [1.54, 1.807) is 15.3 Å². The Bertz CT molecular complexity index is 879. The molecule has 1 aliphatic rings. The number of nitriles is 1. The van der Waals surface area contributed by atoms with E-state index in [2.05, 4.69) is 5.10 Å². The molecule has 0 saturated carbocycles. The van der Waals surface area contributed by atoms with E-state index in [0.717, 1.165) is 11.0 Å². The molecular weight excluding hydrogens is 282 g/mol. The van der Waals surface area contributed by atoms with Gasteiger partial charge in [-0.3, -0.25) is 18.6 Å². The monoisotopic (exact) mass is 299 g/mol. The Balaban J connectivity index is 2.10. The first kappa shape index (κ1) is 14.3. The summed E-state index contributed by atoms with van der Waals surface area (Å²) in [4.78, 5) is 24.9. The second kappa shape index (κ2) is 5.30. The Morgan fingerprint density at radius 3 is 2.82 bits per heavy atom. The van der Waals surface area contributed by atoms with Crippen LogP contribution in [0.2, 0.25) is 0 Å². The van der Waals surface area contributed by atoms with Gasteiger partial charge in [-0.25, -0.2) is 4.79 Å². The quantitative estimate of drug-likeness (QED) is 0.833. The molecule has 0 aliphatic carbocycles. The fourth-order valence-electron chi connectivity index (χ4n) is 2.80. The molecule has 0 fully saturated rings. The first-order chi connectivity index (χ1) is 10.5. The van der Waals surface area contributed by atoms with Gasteiger partial charge in [-0.2, -0.15) is 10.4 Å². The average molecular weight is 299 g/mol. The Hall–Kier alpha value is -2.62. The highest BCUT2D eigenvalue weighted by Gasteiger charge is 2.22. The Kier molecular flexibility index (Phi) is 3.45. The van der Waals surface area contributed by atoms with Gasteiger partial charge in [0.25, 0.3) is 5.56 Å². The molecule has 0 N–H and O–H groups in total. The first-order valence-corrected chi connectivity index (χ1v) is 7.33. The largest absolute Gasteiger partial charge is 0.331 e. The van der Waals surface area contributed by atoms with Crippen LogP contribution in [0.5, 0.6) is 0 Å². The van der Waals surface area contributed by atoms with Crippen LogP contribution in [0.4, 0.5) is 0 Å². The number of fused-ring (bicyclic) bond motifs is 1. The standard InChI is InChI=1S/C15H17N5O2/c1-10(2)20-7-5-11(17-20)9-19-14(21)12(8-16)13-4-3-6-18(13)15(19)22/h5,7,10H,3-4,6,9H2,1-2H3. The molecule has 7 nitrogen and oxygen atoms in total. The van der Waals surface area contributed by atoms with Crippen LogP contribution in [0.1, 0.15) is 43.3 Å². The maximum Gasteiger partial charge on any atom is 0.331 e. The lowest BCUT2D eigenvalue weighted by Gasteiger charge is -2.10. The van der Waals surface area contributed by atoms with Crippen molar-refractivity contribution in [1.82, 2.24) is 18.9 Å². The summed E-state index contributed by atoms with van der Waals surface area (Å²) in [5.41, 5.74) is 0.424. The van der Waals surface area contributed by atoms with Gasteiger partial charge in [0, 0.05) is 24.5 Å². The van der Waals surface area contributed by atoms with Gasteiger partial charge in [0.2, 0.25) is 0 Å². The van der Waals surface area contributed by atoms with Gasteiger partial charge in [-0.1, -0.05) is 0 Å². The van der Waals surface area contributed by atoms with Crippen LogP contribution in [0.15, 0.2) is 21.9 Å². The topological polar surface area (TPSA) is 85.6 Å². The minimum Gasteiger partial charge on any atom is -0.296 e. The van der Waals surface area contributed by atoms with E-state index in [1.807, 2.05) is 26.1 Å². The summed E-state index contributed by atoms with van der Waals surface area (Å²) < 4.78 is 4.43. The van der Waals surface area contributed by atoms with E-state index in [-0.39, 0.29) is 23.8 Å². The zero-order chi connectivity index (χ0) is 15.9. The predicted octanol–water partition coefficient (Wildman–Crippen LogP) is 0.654. The van der Waals surface area contributed by atoms with Crippen molar-refractivity contribution >= 4 is 0 Å². The molecule has 3 rings (SSSR count). The molecule has 3 heterocycles. The lowest BCUT2D eigenvalue weighted by Crippen LogP contribution is -2.42. The molecular formula is C15H17N5O2. The van der Waals surface area contributed by atoms with E-state index in [1.165, 1.54) is 0 Å². The van der Waals surface area contributed by atoms with Crippen molar-refractivity contribution in [2.75, 3.05) is 0 Å². The highest BCUT2D eigenvalue weighted by Crippen LogP contribution is 2.13.